The molecule has 0 amide bonds. The largest absolute Gasteiger partial charge is 0.393 e. The Morgan fingerprint density at radius 1 is 1.22 bits per heavy atom. The van der Waals surface area contributed by atoms with Gasteiger partial charge in [-0.25, -0.2) is 0 Å². The molecule has 2 N–H and O–H groups in total. The van der Waals surface area contributed by atoms with Crippen molar-refractivity contribution in [3.63, 3.8) is 0 Å². The van der Waals surface area contributed by atoms with Crippen molar-refractivity contribution in [3.8, 4) is 0 Å². The molecule has 1 aliphatic heterocycles. The van der Waals surface area contributed by atoms with Crippen LogP contribution in [-0.4, -0.2) is 23.8 Å². The first kappa shape index (κ1) is 5.69. The van der Waals surface area contributed by atoms with E-state index in [1.54, 1.807) is 0 Å². The van der Waals surface area contributed by atoms with Crippen LogP contribution in [0.25, 0.3) is 0 Å². The number of fused-ring (bicyclic) bond motifs is 2. The van der Waals surface area contributed by atoms with Gasteiger partial charge in [0.05, 0.1) is 6.10 Å². The van der Waals surface area contributed by atoms with E-state index in [-0.39, 0.29) is 6.10 Å². The summed E-state index contributed by atoms with van der Waals surface area (Å²) in [6.45, 7) is 1.14. The predicted octanol–water partition coefficient (Wildman–Crippen LogP) is 0.119. The van der Waals surface area contributed by atoms with E-state index >= 15 is 0 Å². The highest BCUT2D eigenvalue weighted by Gasteiger charge is 2.32. The number of aliphatic hydroxyl groups excluding tert-OH is 1. The Kier molecular flexibility index (Phi) is 1.24. The Hall–Kier alpha value is -0.0800. The second-order valence-corrected chi connectivity index (χ2v) is 3.33. The van der Waals surface area contributed by atoms with Gasteiger partial charge in [0, 0.05) is 6.04 Å². The maximum Gasteiger partial charge on any atom is 0.0558 e. The lowest BCUT2D eigenvalue weighted by Gasteiger charge is -2.22. The molecule has 0 aromatic heterocycles. The molecule has 0 unspecified atom stereocenters. The summed E-state index contributed by atoms with van der Waals surface area (Å²) in [5.41, 5.74) is 0. The first-order valence-electron chi connectivity index (χ1n) is 3.76. The molecule has 1 aliphatic carbocycles. The number of hydrogen-bond acceptors (Lipinski definition) is 2. The molecular weight excluding hydrogens is 114 g/mol. The second kappa shape index (κ2) is 1.96. The normalized spacial score (nSPS) is 49.7. The minimum absolute atomic E-state index is 0.0104. The van der Waals surface area contributed by atoms with Gasteiger partial charge in [0.15, 0.2) is 0 Å². The molecule has 2 nitrogen and oxygen atoms in total. The monoisotopic (exact) mass is 127 g/mol. The molecule has 2 heteroatoms. The zero-order chi connectivity index (χ0) is 6.27. The lowest BCUT2D eigenvalue weighted by atomic mass is 9.88. The van der Waals surface area contributed by atoms with E-state index in [0.717, 1.165) is 25.3 Å². The molecule has 0 aromatic rings. The predicted molar refractivity (Wildman–Crippen MR) is 35.1 cm³/mol. The van der Waals surface area contributed by atoms with Crippen molar-refractivity contribution in [1.82, 2.24) is 5.32 Å². The first-order chi connectivity index (χ1) is 4.34. The lowest BCUT2D eigenvalue weighted by molar-refractivity contribution is 0.111. The van der Waals surface area contributed by atoms with E-state index in [0.29, 0.717) is 6.04 Å². The van der Waals surface area contributed by atoms with Crippen LogP contribution in [0, 0.1) is 5.92 Å². The van der Waals surface area contributed by atoms with E-state index in [1.165, 1.54) is 6.42 Å². The summed E-state index contributed by atoms with van der Waals surface area (Å²) >= 11 is 0. The Bertz CT molecular complexity index is 103. The fraction of sp³-hybridized carbons (Fsp3) is 1.00. The Labute approximate surface area is 55.3 Å². The molecule has 0 aromatic carbocycles. The van der Waals surface area contributed by atoms with Crippen molar-refractivity contribution in [2.45, 2.75) is 31.4 Å². The third-order valence-corrected chi connectivity index (χ3v) is 2.48. The van der Waals surface area contributed by atoms with Crippen LogP contribution >= 0.6 is 0 Å². The van der Waals surface area contributed by atoms with Gasteiger partial charge < -0.3 is 10.4 Å². The average Bonchev–Trinajstić information content (AvgIpc) is 2.11. The van der Waals surface area contributed by atoms with Gasteiger partial charge in [-0.15, -0.1) is 0 Å². The maximum absolute atomic E-state index is 9.25. The van der Waals surface area contributed by atoms with Gasteiger partial charge in [-0.05, 0) is 31.7 Å². The standard InChI is InChI=1S/C7H13NO/c9-7-2-5-1-6(3-7)8-4-5/h5-9H,1-4H2/t5-,6+,7+/m0/s1. The molecule has 0 spiro atoms. The zero-order valence-corrected chi connectivity index (χ0v) is 5.51. The van der Waals surface area contributed by atoms with Crippen LogP contribution in [0.2, 0.25) is 0 Å². The lowest BCUT2D eigenvalue weighted by Crippen LogP contribution is -2.27. The minimum Gasteiger partial charge on any atom is -0.393 e. The van der Waals surface area contributed by atoms with Gasteiger partial charge in [-0.2, -0.15) is 0 Å². The third kappa shape index (κ3) is 0.970. The number of hydrogen-bond donors (Lipinski definition) is 2. The highest BCUT2D eigenvalue weighted by atomic mass is 16.3. The Morgan fingerprint density at radius 2 is 2.11 bits per heavy atom. The van der Waals surface area contributed by atoms with Crippen molar-refractivity contribution >= 4 is 0 Å². The van der Waals surface area contributed by atoms with Gasteiger partial charge >= 0.3 is 0 Å². The molecule has 2 fully saturated rings. The van der Waals surface area contributed by atoms with E-state index in [1.807, 2.05) is 0 Å². The molecule has 3 atom stereocenters. The first-order valence-corrected chi connectivity index (χ1v) is 3.76. The average molecular weight is 127 g/mol. The van der Waals surface area contributed by atoms with Crippen LogP contribution in [0.1, 0.15) is 19.3 Å². The maximum atomic E-state index is 9.25. The van der Waals surface area contributed by atoms with E-state index in [9.17, 15) is 5.11 Å². The number of rotatable bonds is 0. The van der Waals surface area contributed by atoms with Crippen molar-refractivity contribution in [1.29, 1.82) is 0 Å². The van der Waals surface area contributed by atoms with E-state index < -0.39 is 0 Å². The second-order valence-electron chi connectivity index (χ2n) is 3.33. The molecule has 1 heterocycles. The molecule has 52 valence electrons. The van der Waals surface area contributed by atoms with Crippen LogP contribution in [0.3, 0.4) is 0 Å². The van der Waals surface area contributed by atoms with Gasteiger partial charge in [0.25, 0.3) is 0 Å². The van der Waals surface area contributed by atoms with Gasteiger partial charge in [0.1, 0.15) is 0 Å². The van der Waals surface area contributed by atoms with E-state index in [4.69, 9.17) is 0 Å². The Morgan fingerprint density at radius 3 is 2.89 bits per heavy atom. The smallest absolute Gasteiger partial charge is 0.0558 e. The molecule has 1 saturated heterocycles. The molecule has 2 rings (SSSR count). The topological polar surface area (TPSA) is 32.3 Å². The van der Waals surface area contributed by atoms with Crippen LogP contribution in [0.5, 0.6) is 0 Å². The zero-order valence-electron chi connectivity index (χ0n) is 5.51. The van der Waals surface area contributed by atoms with Crippen LogP contribution < -0.4 is 5.32 Å². The van der Waals surface area contributed by atoms with Crippen molar-refractivity contribution < 1.29 is 5.11 Å². The number of aliphatic hydroxyl groups is 1. The van der Waals surface area contributed by atoms with Crippen LogP contribution in [-0.2, 0) is 0 Å². The van der Waals surface area contributed by atoms with Gasteiger partial charge in [-0.3, -0.25) is 0 Å². The summed E-state index contributed by atoms with van der Waals surface area (Å²) in [6, 6.07) is 0.638. The molecule has 2 bridgehead atoms. The quantitative estimate of drug-likeness (QED) is 0.484. The van der Waals surface area contributed by atoms with E-state index in [2.05, 4.69) is 5.32 Å². The van der Waals surface area contributed by atoms with Crippen molar-refractivity contribution in [2.24, 2.45) is 5.92 Å². The molecular formula is C7H13NO. The molecule has 1 saturated carbocycles. The summed E-state index contributed by atoms with van der Waals surface area (Å²) in [5, 5.41) is 12.6. The van der Waals surface area contributed by atoms with Crippen LogP contribution in [0.15, 0.2) is 0 Å². The highest BCUT2D eigenvalue weighted by molar-refractivity contribution is 4.89. The Balaban J connectivity index is 2.03. The summed E-state index contributed by atoms with van der Waals surface area (Å²) < 4.78 is 0. The SMILES string of the molecule is O[C@@H]1C[C@H]2CN[C@@H](C1)C2. The fourth-order valence-corrected chi connectivity index (χ4v) is 2.07. The molecule has 0 radical (unpaired) electrons. The van der Waals surface area contributed by atoms with Crippen LogP contribution in [0.4, 0.5) is 0 Å². The summed E-state index contributed by atoms with van der Waals surface area (Å²) in [6.07, 6.45) is 3.31. The molecule has 9 heavy (non-hydrogen) atoms. The third-order valence-electron chi connectivity index (χ3n) is 2.48. The molecule has 2 aliphatic rings. The minimum atomic E-state index is -0.0104. The fourth-order valence-electron chi connectivity index (χ4n) is 2.07. The van der Waals surface area contributed by atoms with Crippen molar-refractivity contribution in [2.75, 3.05) is 6.54 Å². The van der Waals surface area contributed by atoms with Gasteiger partial charge in [-0.1, -0.05) is 0 Å². The summed E-state index contributed by atoms with van der Waals surface area (Å²) in [7, 11) is 0. The van der Waals surface area contributed by atoms with Crippen molar-refractivity contribution in [3.05, 3.63) is 0 Å². The number of nitrogens with one attached hydrogen (secondary N) is 1. The summed E-state index contributed by atoms with van der Waals surface area (Å²) in [5.74, 6) is 0.777. The van der Waals surface area contributed by atoms with Gasteiger partial charge in [0.2, 0.25) is 0 Å². The highest BCUT2D eigenvalue weighted by Crippen LogP contribution is 2.28. The summed E-state index contributed by atoms with van der Waals surface area (Å²) in [4.78, 5) is 0.